The van der Waals surface area contributed by atoms with E-state index in [1.807, 2.05) is 36.4 Å². The van der Waals surface area contributed by atoms with E-state index in [0.717, 1.165) is 24.2 Å². The van der Waals surface area contributed by atoms with Gasteiger partial charge in [0.15, 0.2) is 0 Å². The van der Waals surface area contributed by atoms with Crippen molar-refractivity contribution in [2.45, 2.75) is 24.1 Å². The van der Waals surface area contributed by atoms with Crippen LogP contribution in [0.4, 0.5) is 0 Å². The molecule has 0 saturated carbocycles. The molecule has 1 unspecified atom stereocenters. The normalized spacial score (nSPS) is 15.4. The number of methoxy groups -OCH3 is 1. The van der Waals surface area contributed by atoms with Crippen molar-refractivity contribution in [1.29, 1.82) is 0 Å². The fourth-order valence-corrected chi connectivity index (χ4v) is 3.76. The number of ether oxygens (including phenoxy) is 1. The van der Waals surface area contributed by atoms with Gasteiger partial charge in [-0.2, -0.15) is 0 Å². The van der Waals surface area contributed by atoms with Crippen LogP contribution in [0.1, 0.15) is 23.6 Å². The van der Waals surface area contributed by atoms with E-state index in [2.05, 4.69) is 27.6 Å². The second-order valence-electron chi connectivity index (χ2n) is 6.25. The molecule has 0 fully saturated rings. The molecule has 7 heteroatoms. The first kappa shape index (κ1) is 17.6. The number of carbonyl (C=O) groups excluding carboxylic acids is 1. The zero-order valence-corrected chi connectivity index (χ0v) is 15.7. The highest BCUT2D eigenvalue weighted by molar-refractivity contribution is 7.99. The number of amides is 1. The molecule has 6 nitrogen and oxygen atoms in total. The average Bonchev–Trinajstić information content (AvgIpc) is 3.34. The van der Waals surface area contributed by atoms with E-state index in [0.29, 0.717) is 11.1 Å². The van der Waals surface area contributed by atoms with Crippen molar-refractivity contribution in [3.63, 3.8) is 0 Å². The predicted octanol–water partition coefficient (Wildman–Crippen LogP) is 3.64. The predicted molar refractivity (Wildman–Crippen MR) is 103 cm³/mol. The summed E-state index contributed by atoms with van der Waals surface area (Å²) < 4.78 is 10.8. The highest BCUT2D eigenvalue weighted by atomic mass is 32.2. The first-order valence-corrected chi connectivity index (χ1v) is 9.69. The van der Waals surface area contributed by atoms with E-state index in [1.54, 1.807) is 7.11 Å². The van der Waals surface area contributed by atoms with Crippen molar-refractivity contribution in [2.75, 3.05) is 12.9 Å². The summed E-state index contributed by atoms with van der Waals surface area (Å²) in [6.07, 6.45) is 1.95. The zero-order chi connectivity index (χ0) is 18.6. The van der Waals surface area contributed by atoms with Crippen molar-refractivity contribution in [1.82, 2.24) is 15.5 Å². The Morgan fingerprint density at radius 3 is 2.85 bits per heavy atom. The van der Waals surface area contributed by atoms with Crippen LogP contribution in [0, 0.1) is 0 Å². The molecule has 0 radical (unpaired) electrons. The van der Waals surface area contributed by atoms with Crippen LogP contribution >= 0.6 is 11.8 Å². The molecule has 4 rings (SSSR count). The van der Waals surface area contributed by atoms with Gasteiger partial charge in [-0.25, -0.2) is 0 Å². The molecule has 0 saturated heterocycles. The van der Waals surface area contributed by atoms with Crippen LogP contribution in [0.25, 0.3) is 11.5 Å². The Labute approximate surface area is 161 Å². The summed E-state index contributed by atoms with van der Waals surface area (Å²) in [7, 11) is 1.62. The highest BCUT2D eigenvalue weighted by Crippen LogP contribution is 2.31. The van der Waals surface area contributed by atoms with Gasteiger partial charge in [-0.05, 0) is 48.2 Å². The maximum absolute atomic E-state index is 12.3. The van der Waals surface area contributed by atoms with Crippen LogP contribution in [-0.4, -0.2) is 29.0 Å². The largest absolute Gasteiger partial charge is 0.497 e. The number of rotatable bonds is 6. The second kappa shape index (κ2) is 7.84. The van der Waals surface area contributed by atoms with Gasteiger partial charge in [0.25, 0.3) is 5.22 Å². The molecule has 1 amide bonds. The van der Waals surface area contributed by atoms with Gasteiger partial charge in [0, 0.05) is 5.56 Å². The van der Waals surface area contributed by atoms with Crippen LogP contribution in [-0.2, 0) is 11.2 Å². The molecule has 2 aromatic carbocycles. The van der Waals surface area contributed by atoms with Gasteiger partial charge in [-0.1, -0.05) is 36.0 Å². The topological polar surface area (TPSA) is 77.2 Å². The number of aryl methyl sites for hydroxylation is 1. The highest BCUT2D eigenvalue weighted by Gasteiger charge is 2.23. The van der Waals surface area contributed by atoms with E-state index in [-0.39, 0.29) is 17.7 Å². The number of hydrogen-bond donors (Lipinski definition) is 1. The molecule has 138 valence electrons. The molecule has 1 aromatic heterocycles. The molecule has 1 heterocycles. The van der Waals surface area contributed by atoms with E-state index in [4.69, 9.17) is 9.15 Å². The minimum absolute atomic E-state index is 0.0362. The lowest BCUT2D eigenvalue weighted by molar-refractivity contribution is -0.119. The minimum Gasteiger partial charge on any atom is -0.497 e. The third-order valence-electron chi connectivity index (χ3n) is 4.54. The molecule has 1 atom stereocenters. The van der Waals surface area contributed by atoms with Gasteiger partial charge in [0.1, 0.15) is 5.75 Å². The Kier molecular flexibility index (Phi) is 5.11. The Morgan fingerprint density at radius 2 is 2.04 bits per heavy atom. The molecule has 3 aromatic rings. The zero-order valence-electron chi connectivity index (χ0n) is 14.8. The molecule has 1 aliphatic carbocycles. The fourth-order valence-electron chi connectivity index (χ4n) is 3.19. The summed E-state index contributed by atoms with van der Waals surface area (Å²) in [6, 6.07) is 15.7. The standard InChI is InChI=1S/C20H19N3O3S/c1-25-15-9-6-14(7-10-15)19-22-23-20(26-19)27-12-18(24)21-17-11-8-13-4-2-3-5-16(13)17/h2-7,9-10,17H,8,11-12H2,1H3,(H,21,24). The number of nitrogens with zero attached hydrogens (tertiary/aromatic N) is 2. The van der Waals surface area contributed by atoms with Crippen LogP contribution in [0.15, 0.2) is 58.2 Å². The third-order valence-corrected chi connectivity index (χ3v) is 5.36. The number of nitrogens with one attached hydrogen (secondary N) is 1. The monoisotopic (exact) mass is 381 g/mol. The summed E-state index contributed by atoms with van der Waals surface area (Å²) in [5.41, 5.74) is 3.34. The van der Waals surface area contributed by atoms with E-state index < -0.39 is 0 Å². The van der Waals surface area contributed by atoms with Crippen LogP contribution in [0.2, 0.25) is 0 Å². The molecular formula is C20H19N3O3S. The lowest BCUT2D eigenvalue weighted by Crippen LogP contribution is -2.28. The van der Waals surface area contributed by atoms with Gasteiger partial charge in [-0.3, -0.25) is 4.79 Å². The van der Waals surface area contributed by atoms with Gasteiger partial charge < -0.3 is 14.5 Å². The van der Waals surface area contributed by atoms with Gasteiger partial charge in [0.05, 0.1) is 18.9 Å². The number of aromatic nitrogens is 2. The Balaban J connectivity index is 1.33. The summed E-state index contributed by atoms with van der Waals surface area (Å²) in [5.74, 6) is 1.39. The van der Waals surface area contributed by atoms with Crippen molar-refractivity contribution < 1.29 is 13.9 Å². The minimum atomic E-state index is -0.0362. The quantitative estimate of drug-likeness (QED) is 0.657. The lowest BCUT2D eigenvalue weighted by atomic mass is 10.1. The molecule has 27 heavy (non-hydrogen) atoms. The first-order valence-electron chi connectivity index (χ1n) is 8.71. The Hall–Kier alpha value is -2.80. The second-order valence-corrected chi connectivity index (χ2v) is 7.17. The Morgan fingerprint density at radius 1 is 1.22 bits per heavy atom. The van der Waals surface area contributed by atoms with Gasteiger partial charge >= 0.3 is 0 Å². The number of benzene rings is 2. The number of carbonyl (C=O) groups is 1. The van der Waals surface area contributed by atoms with Gasteiger partial charge in [0.2, 0.25) is 11.8 Å². The SMILES string of the molecule is COc1ccc(-c2nnc(SCC(=O)NC3CCc4ccccc43)o2)cc1. The average molecular weight is 381 g/mol. The maximum Gasteiger partial charge on any atom is 0.277 e. The summed E-state index contributed by atoms with van der Waals surface area (Å²) in [5, 5.41) is 11.5. The fraction of sp³-hybridized carbons (Fsp3) is 0.250. The van der Waals surface area contributed by atoms with Crippen molar-refractivity contribution >= 4 is 17.7 Å². The summed E-state index contributed by atoms with van der Waals surface area (Å²) >= 11 is 1.24. The smallest absolute Gasteiger partial charge is 0.277 e. The van der Waals surface area contributed by atoms with E-state index in [9.17, 15) is 4.79 Å². The lowest BCUT2D eigenvalue weighted by Gasteiger charge is -2.13. The third kappa shape index (κ3) is 3.98. The number of thioether (sulfide) groups is 1. The van der Waals surface area contributed by atoms with Crippen molar-refractivity contribution in [3.05, 3.63) is 59.7 Å². The van der Waals surface area contributed by atoms with E-state index in [1.165, 1.54) is 22.9 Å². The Bertz CT molecular complexity index is 940. The number of hydrogen-bond acceptors (Lipinski definition) is 6. The molecule has 0 aliphatic heterocycles. The van der Waals surface area contributed by atoms with E-state index >= 15 is 0 Å². The molecule has 0 bridgehead atoms. The summed E-state index contributed by atoms with van der Waals surface area (Å²) in [4.78, 5) is 12.3. The molecule has 1 N–H and O–H groups in total. The van der Waals surface area contributed by atoms with Crippen LogP contribution in [0.3, 0.4) is 0 Å². The molecular weight excluding hydrogens is 362 g/mol. The van der Waals surface area contributed by atoms with Crippen LogP contribution < -0.4 is 10.1 Å². The molecule has 0 spiro atoms. The summed E-state index contributed by atoms with van der Waals surface area (Å²) in [6.45, 7) is 0. The molecule has 1 aliphatic rings. The maximum atomic E-state index is 12.3. The number of fused-ring (bicyclic) bond motifs is 1. The first-order chi connectivity index (χ1) is 13.2. The van der Waals surface area contributed by atoms with Crippen molar-refractivity contribution in [3.8, 4) is 17.2 Å². The van der Waals surface area contributed by atoms with Gasteiger partial charge in [-0.15, -0.1) is 10.2 Å². The van der Waals surface area contributed by atoms with Crippen molar-refractivity contribution in [2.24, 2.45) is 0 Å². The van der Waals surface area contributed by atoms with Crippen LogP contribution in [0.5, 0.6) is 5.75 Å².